The third-order valence-electron chi connectivity index (χ3n) is 3.70. The Morgan fingerprint density at radius 2 is 1.96 bits per heavy atom. The van der Waals surface area contributed by atoms with Gasteiger partial charge in [0.1, 0.15) is 0 Å². The Labute approximate surface area is 143 Å². The topological polar surface area (TPSA) is 48.4 Å². The van der Waals surface area contributed by atoms with Gasteiger partial charge in [0.15, 0.2) is 0 Å². The lowest BCUT2D eigenvalue weighted by Gasteiger charge is -2.19. The van der Waals surface area contributed by atoms with Gasteiger partial charge in [-0.2, -0.15) is 0 Å². The van der Waals surface area contributed by atoms with Crippen LogP contribution in [0.5, 0.6) is 0 Å². The first-order valence-electron chi connectivity index (χ1n) is 8.02. The summed E-state index contributed by atoms with van der Waals surface area (Å²) in [5.74, 6) is 0. The number of thiazole rings is 1. The Hall–Kier alpha value is -1.27. The minimum Gasteiger partial charge on any atom is -0.390 e. The number of nitrogens with one attached hydrogen (secondary N) is 1. The molecule has 5 heteroatoms. The van der Waals surface area contributed by atoms with Crippen LogP contribution in [0.4, 0.5) is 0 Å². The fraction of sp³-hybridized carbons (Fsp3) is 0.500. The molecule has 2 aromatic rings. The minimum absolute atomic E-state index is 0.203. The van der Waals surface area contributed by atoms with Crippen LogP contribution in [-0.4, -0.2) is 48.3 Å². The van der Waals surface area contributed by atoms with Crippen molar-refractivity contribution in [3.63, 3.8) is 0 Å². The highest BCUT2D eigenvalue weighted by molar-refractivity contribution is 7.11. The molecule has 0 aliphatic heterocycles. The second-order valence-electron chi connectivity index (χ2n) is 6.27. The number of hydrogen-bond donors (Lipinski definition) is 2. The Morgan fingerprint density at radius 1 is 1.26 bits per heavy atom. The highest BCUT2D eigenvalue weighted by Crippen LogP contribution is 2.26. The van der Waals surface area contributed by atoms with Crippen molar-refractivity contribution in [2.45, 2.75) is 32.4 Å². The lowest BCUT2D eigenvalue weighted by Crippen LogP contribution is -2.36. The van der Waals surface area contributed by atoms with Gasteiger partial charge in [-0.05, 0) is 33.5 Å². The first kappa shape index (κ1) is 18.1. The average molecular weight is 334 g/mol. The largest absolute Gasteiger partial charge is 0.390 e. The van der Waals surface area contributed by atoms with E-state index in [4.69, 9.17) is 4.98 Å². The lowest BCUT2D eigenvalue weighted by molar-refractivity contribution is 0.132. The van der Waals surface area contributed by atoms with Gasteiger partial charge in [-0.15, -0.1) is 11.3 Å². The molecule has 23 heavy (non-hydrogen) atoms. The number of benzene rings is 1. The van der Waals surface area contributed by atoms with Gasteiger partial charge < -0.3 is 15.3 Å². The Kier molecular flexibility index (Phi) is 6.72. The fourth-order valence-electron chi connectivity index (χ4n) is 2.61. The van der Waals surface area contributed by atoms with Crippen LogP contribution in [-0.2, 0) is 6.42 Å². The molecule has 1 aromatic carbocycles. The van der Waals surface area contributed by atoms with E-state index in [1.807, 2.05) is 25.1 Å². The average Bonchev–Trinajstić information content (AvgIpc) is 2.86. The zero-order chi connectivity index (χ0) is 16.8. The molecule has 0 radical (unpaired) electrons. The van der Waals surface area contributed by atoms with Crippen molar-refractivity contribution in [2.24, 2.45) is 0 Å². The van der Waals surface area contributed by atoms with Crippen LogP contribution in [0.25, 0.3) is 0 Å². The molecule has 0 spiro atoms. The highest BCUT2D eigenvalue weighted by atomic mass is 32.1. The monoisotopic (exact) mass is 333 g/mol. The highest BCUT2D eigenvalue weighted by Gasteiger charge is 2.15. The molecule has 2 N–H and O–H groups in total. The van der Waals surface area contributed by atoms with Crippen LogP contribution in [0, 0.1) is 6.92 Å². The molecule has 1 aromatic heterocycles. The molecule has 126 valence electrons. The van der Waals surface area contributed by atoms with Gasteiger partial charge in [-0.3, -0.25) is 0 Å². The summed E-state index contributed by atoms with van der Waals surface area (Å²) in [6.07, 6.45) is 0.520. The molecular formula is C18H27N3OS. The van der Waals surface area contributed by atoms with Crippen molar-refractivity contribution in [1.29, 1.82) is 0 Å². The van der Waals surface area contributed by atoms with Crippen molar-refractivity contribution in [3.05, 3.63) is 51.5 Å². The molecular weight excluding hydrogens is 306 g/mol. The summed E-state index contributed by atoms with van der Waals surface area (Å²) < 4.78 is 0. The van der Waals surface area contributed by atoms with Gasteiger partial charge in [0.25, 0.3) is 0 Å². The van der Waals surface area contributed by atoms with Crippen molar-refractivity contribution in [3.8, 4) is 0 Å². The number of hydrogen-bond acceptors (Lipinski definition) is 5. The number of aliphatic hydroxyl groups is 1. The van der Waals surface area contributed by atoms with Gasteiger partial charge in [-0.1, -0.05) is 30.3 Å². The second-order valence-corrected chi connectivity index (χ2v) is 7.38. The van der Waals surface area contributed by atoms with Crippen LogP contribution in [0.3, 0.4) is 0 Å². The van der Waals surface area contributed by atoms with Crippen molar-refractivity contribution < 1.29 is 5.11 Å². The molecule has 0 saturated carbocycles. The minimum atomic E-state index is -0.357. The van der Waals surface area contributed by atoms with E-state index in [2.05, 4.69) is 43.4 Å². The molecule has 2 atom stereocenters. The van der Waals surface area contributed by atoms with Crippen LogP contribution >= 0.6 is 11.3 Å². The van der Waals surface area contributed by atoms with Crippen LogP contribution in [0.15, 0.2) is 30.3 Å². The van der Waals surface area contributed by atoms with Crippen molar-refractivity contribution in [1.82, 2.24) is 15.2 Å². The van der Waals surface area contributed by atoms with E-state index in [9.17, 15) is 5.11 Å². The number of rotatable bonds is 8. The molecule has 0 amide bonds. The van der Waals surface area contributed by atoms with E-state index < -0.39 is 0 Å². The SMILES string of the molecule is Cc1nc(Cc2ccccc2)sc1C(C)NCC(O)CN(C)C. The van der Waals surface area contributed by atoms with Gasteiger partial charge >= 0.3 is 0 Å². The van der Waals surface area contributed by atoms with Crippen molar-refractivity contribution >= 4 is 11.3 Å². The zero-order valence-electron chi connectivity index (χ0n) is 14.4. The quantitative estimate of drug-likeness (QED) is 0.780. The number of aliphatic hydroxyl groups excluding tert-OH is 1. The molecule has 0 aliphatic rings. The van der Waals surface area contributed by atoms with E-state index in [0.717, 1.165) is 17.1 Å². The number of aryl methyl sites for hydroxylation is 1. The first-order chi connectivity index (χ1) is 11.0. The molecule has 0 bridgehead atoms. The first-order valence-corrected chi connectivity index (χ1v) is 8.83. The zero-order valence-corrected chi connectivity index (χ0v) is 15.2. The maximum atomic E-state index is 9.97. The summed E-state index contributed by atoms with van der Waals surface area (Å²) in [4.78, 5) is 7.96. The lowest BCUT2D eigenvalue weighted by atomic mass is 10.2. The number of nitrogens with zero attached hydrogens (tertiary/aromatic N) is 2. The van der Waals surface area contributed by atoms with Gasteiger partial charge in [0.05, 0.1) is 16.8 Å². The molecule has 0 aliphatic carbocycles. The van der Waals surface area contributed by atoms with Crippen LogP contribution < -0.4 is 5.32 Å². The number of likely N-dealkylation sites (N-methyl/N-ethyl adjacent to an activating group) is 1. The smallest absolute Gasteiger partial charge is 0.0975 e. The maximum absolute atomic E-state index is 9.97. The maximum Gasteiger partial charge on any atom is 0.0975 e. The fourth-order valence-corrected chi connectivity index (χ4v) is 3.73. The van der Waals surface area contributed by atoms with Crippen LogP contribution in [0.1, 0.15) is 34.1 Å². The summed E-state index contributed by atoms with van der Waals surface area (Å²) in [5.41, 5.74) is 2.37. The standard InChI is InChI=1S/C18H27N3OS/c1-13(19-11-16(22)12-21(3)4)18-14(2)20-17(23-18)10-15-8-6-5-7-9-15/h5-9,13,16,19,22H,10-12H2,1-4H3. The summed E-state index contributed by atoms with van der Waals surface area (Å²) in [6, 6.07) is 10.6. The summed E-state index contributed by atoms with van der Waals surface area (Å²) in [7, 11) is 3.94. The van der Waals surface area contributed by atoms with Gasteiger partial charge in [0, 0.05) is 30.4 Å². The molecule has 0 saturated heterocycles. The molecule has 1 heterocycles. The van der Waals surface area contributed by atoms with Gasteiger partial charge in [0.2, 0.25) is 0 Å². The molecule has 4 nitrogen and oxygen atoms in total. The Balaban J connectivity index is 1.94. The molecule has 0 fully saturated rings. The Morgan fingerprint density at radius 3 is 2.61 bits per heavy atom. The van der Waals surface area contributed by atoms with E-state index >= 15 is 0 Å². The number of aromatic nitrogens is 1. The van der Waals surface area contributed by atoms with E-state index in [1.165, 1.54) is 10.4 Å². The summed E-state index contributed by atoms with van der Waals surface area (Å²) >= 11 is 1.76. The van der Waals surface area contributed by atoms with Gasteiger partial charge in [-0.25, -0.2) is 4.98 Å². The van der Waals surface area contributed by atoms with E-state index in [0.29, 0.717) is 13.1 Å². The Bertz CT molecular complexity index is 598. The second kappa shape index (κ2) is 8.55. The van der Waals surface area contributed by atoms with E-state index in [1.54, 1.807) is 11.3 Å². The third kappa shape index (κ3) is 5.70. The van der Waals surface area contributed by atoms with Crippen LogP contribution in [0.2, 0.25) is 0 Å². The predicted molar refractivity (Wildman–Crippen MR) is 97.1 cm³/mol. The third-order valence-corrected chi connectivity index (χ3v) is 5.04. The summed E-state index contributed by atoms with van der Waals surface area (Å²) in [6.45, 7) is 5.45. The van der Waals surface area contributed by atoms with Crippen molar-refractivity contribution in [2.75, 3.05) is 27.2 Å². The molecule has 2 rings (SSSR count). The summed E-state index contributed by atoms with van der Waals surface area (Å²) in [5, 5.41) is 14.5. The van der Waals surface area contributed by atoms with E-state index in [-0.39, 0.29) is 12.1 Å². The molecule has 2 unspecified atom stereocenters. The predicted octanol–water partition coefficient (Wildman–Crippen LogP) is 2.62. The normalized spacial score (nSPS) is 14.2.